The first-order valence-corrected chi connectivity index (χ1v) is 9.82. The molecule has 1 atom stereocenters. The van der Waals surface area contributed by atoms with Crippen molar-refractivity contribution >= 4 is 33.8 Å². The molecular weight excluding hydrogens is 370 g/mol. The molecule has 1 aliphatic carbocycles. The third-order valence-corrected chi connectivity index (χ3v) is 6.17. The number of carbonyl (C=O) groups excluding carboxylic acids is 1. The Balaban J connectivity index is 1.65. The second-order valence-corrected chi connectivity index (χ2v) is 8.02. The molecule has 0 saturated carbocycles. The predicted octanol–water partition coefficient (Wildman–Crippen LogP) is 3.78. The number of rotatable bonds is 3. The number of thiazole rings is 1. The maximum absolute atomic E-state index is 12.9. The van der Waals surface area contributed by atoms with Crippen molar-refractivity contribution in [3.8, 4) is 0 Å². The van der Waals surface area contributed by atoms with Crippen LogP contribution in [0.3, 0.4) is 0 Å². The lowest BCUT2D eigenvalue weighted by atomic mass is 10.0. The van der Waals surface area contributed by atoms with Gasteiger partial charge in [-0.05, 0) is 50.3 Å². The van der Waals surface area contributed by atoms with Crippen molar-refractivity contribution in [3.05, 3.63) is 67.5 Å². The number of hydrogen-bond donors (Lipinski definition) is 1. The molecule has 2 heterocycles. The summed E-state index contributed by atoms with van der Waals surface area (Å²) >= 11 is 7.46. The van der Waals surface area contributed by atoms with Gasteiger partial charge >= 0.3 is 0 Å². The monoisotopic (exact) mass is 387 g/mol. The van der Waals surface area contributed by atoms with Crippen molar-refractivity contribution in [2.75, 3.05) is 0 Å². The smallest absolute Gasteiger partial charge is 0.271 e. The topological polar surface area (TPSA) is 63.5 Å². The first kappa shape index (κ1) is 17.2. The van der Waals surface area contributed by atoms with Crippen molar-refractivity contribution in [1.82, 2.24) is 14.7 Å². The number of carbonyl (C=O) groups is 1. The summed E-state index contributed by atoms with van der Waals surface area (Å²) in [4.78, 5) is 31.8. The van der Waals surface area contributed by atoms with Crippen LogP contribution in [0.2, 0.25) is 5.02 Å². The van der Waals surface area contributed by atoms with Crippen molar-refractivity contribution in [3.63, 3.8) is 0 Å². The number of hydrogen-bond acceptors (Lipinski definition) is 4. The van der Waals surface area contributed by atoms with Crippen LogP contribution in [-0.2, 0) is 12.8 Å². The summed E-state index contributed by atoms with van der Waals surface area (Å²) in [6.07, 6.45) is 5.44. The molecule has 2 aromatic heterocycles. The Kier molecular flexibility index (Phi) is 4.54. The van der Waals surface area contributed by atoms with E-state index in [1.165, 1.54) is 11.1 Å². The highest BCUT2D eigenvalue weighted by Gasteiger charge is 2.22. The fourth-order valence-corrected chi connectivity index (χ4v) is 4.63. The van der Waals surface area contributed by atoms with Crippen LogP contribution >= 0.6 is 22.9 Å². The number of benzene rings is 1. The highest BCUT2D eigenvalue weighted by molar-refractivity contribution is 7.17. The highest BCUT2D eigenvalue weighted by Crippen LogP contribution is 2.28. The van der Waals surface area contributed by atoms with Crippen LogP contribution in [0.25, 0.3) is 4.96 Å². The van der Waals surface area contributed by atoms with E-state index in [0.717, 1.165) is 36.9 Å². The molecule has 134 valence electrons. The molecule has 0 spiro atoms. The summed E-state index contributed by atoms with van der Waals surface area (Å²) in [6, 6.07) is 7.03. The Morgan fingerprint density at radius 1 is 1.27 bits per heavy atom. The lowest BCUT2D eigenvalue weighted by molar-refractivity contribution is 0.0938. The average molecular weight is 388 g/mol. The molecule has 0 bridgehead atoms. The summed E-state index contributed by atoms with van der Waals surface area (Å²) in [6.45, 7) is 1.87. The molecule has 1 aliphatic rings. The molecule has 0 fully saturated rings. The van der Waals surface area contributed by atoms with Crippen molar-refractivity contribution in [1.29, 1.82) is 0 Å². The van der Waals surface area contributed by atoms with Gasteiger partial charge < -0.3 is 5.32 Å². The molecule has 0 saturated heterocycles. The molecule has 0 radical (unpaired) electrons. The standard InChI is InChI=1S/C19H18ClN3O2S/c1-11(12-6-8-13(20)9-7-12)22-17(24)14-10-21-19-23(18(14)25)15-4-2-3-5-16(15)26-19/h6-11H,2-5H2,1H3,(H,22,24). The third-order valence-electron chi connectivity index (χ3n) is 4.76. The minimum absolute atomic E-state index is 0.0782. The quantitative estimate of drug-likeness (QED) is 0.743. The Bertz CT molecular complexity index is 1040. The molecule has 26 heavy (non-hydrogen) atoms. The second kappa shape index (κ2) is 6.85. The van der Waals surface area contributed by atoms with E-state index >= 15 is 0 Å². The average Bonchev–Trinajstić information content (AvgIpc) is 3.01. The van der Waals surface area contributed by atoms with E-state index in [4.69, 9.17) is 11.6 Å². The van der Waals surface area contributed by atoms with Gasteiger partial charge in [-0.25, -0.2) is 4.98 Å². The van der Waals surface area contributed by atoms with Crippen LogP contribution in [0.15, 0.2) is 35.3 Å². The molecule has 1 N–H and O–H groups in total. The zero-order chi connectivity index (χ0) is 18.3. The molecule has 0 aliphatic heterocycles. The molecule has 5 nitrogen and oxygen atoms in total. The summed E-state index contributed by atoms with van der Waals surface area (Å²) < 4.78 is 1.63. The van der Waals surface area contributed by atoms with Gasteiger partial charge in [0.1, 0.15) is 5.56 Å². The van der Waals surface area contributed by atoms with E-state index in [9.17, 15) is 9.59 Å². The Labute approximate surface area is 159 Å². The number of nitrogens with zero attached hydrogens (tertiary/aromatic N) is 2. The number of aromatic nitrogens is 2. The zero-order valence-corrected chi connectivity index (χ0v) is 15.9. The van der Waals surface area contributed by atoms with Gasteiger partial charge in [0.05, 0.1) is 6.04 Å². The molecule has 1 unspecified atom stereocenters. The normalized spacial score (nSPS) is 14.8. The minimum atomic E-state index is -0.407. The predicted molar refractivity (Wildman–Crippen MR) is 103 cm³/mol. The van der Waals surface area contributed by atoms with Gasteiger partial charge in [0.2, 0.25) is 0 Å². The van der Waals surface area contributed by atoms with Crippen molar-refractivity contribution in [2.24, 2.45) is 0 Å². The highest BCUT2D eigenvalue weighted by atomic mass is 35.5. The number of nitrogens with one attached hydrogen (secondary N) is 1. The SMILES string of the molecule is CC(NC(=O)c1cnc2sc3c(n2c1=O)CCCC3)c1ccc(Cl)cc1. The second-order valence-electron chi connectivity index (χ2n) is 6.52. The van der Waals surface area contributed by atoms with Gasteiger partial charge in [-0.3, -0.25) is 14.0 Å². The third kappa shape index (κ3) is 3.04. The summed E-state index contributed by atoms with van der Waals surface area (Å²) in [7, 11) is 0. The van der Waals surface area contributed by atoms with Crippen molar-refractivity contribution in [2.45, 2.75) is 38.6 Å². The fourth-order valence-electron chi connectivity index (χ4n) is 3.33. The number of fused-ring (bicyclic) bond motifs is 3. The van der Waals surface area contributed by atoms with Crippen LogP contribution in [0.4, 0.5) is 0 Å². The fraction of sp³-hybridized carbons (Fsp3) is 0.316. The largest absolute Gasteiger partial charge is 0.345 e. The summed E-state index contributed by atoms with van der Waals surface area (Å²) in [5.74, 6) is -0.407. The molecule has 3 aromatic rings. The van der Waals surface area contributed by atoms with Gasteiger partial charge in [0, 0.05) is 21.8 Å². The van der Waals surface area contributed by atoms with Crippen LogP contribution < -0.4 is 10.9 Å². The molecular formula is C19H18ClN3O2S. The van der Waals surface area contributed by atoms with E-state index < -0.39 is 5.91 Å². The number of aryl methyl sites for hydroxylation is 2. The van der Waals surface area contributed by atoms with Gasteiger partial charge in [-0.15, -0.1) is 11.3 Å². The van der Waals surface area contributed by atoms with E-state index in [-0.39, 0.29) is 17.2 Å². The van der Waals surface area contributed by atoms with E-state index in [1.807, 2.05) is 19.1 Å². The summed E-state index contributed by atoms with van der Waals surface area (Å²) in [5, 5.41) is 3.52. The van der Waals surface area contributed by atoms with E-state index in [2.05, 4.69) is 10.3 Å². The maximum atomic E-state index is 12.9. The Morgan fingerprint density at radius 3 is 2.77 bits per heavy atom. The van der Waals surface area contributed by atoms with Crippen LogP contribution in [-0.4, -0.2) is 15.3 Å². The van der Waals surface area contributed by atoms with Gasteiger partial charge in [0.25, 0.3) is 11.5 Å². The lowest BCUT2D eigenvalue weighted by Gasteiger charge is -2.14. The minimum Gasteiger partial charge on any atom is -0.345 e. The Hall–Kier alpha value is -2.18. The molecule has 4 rings (SSSR count). The molecule has 1 aromatic carbocycles. The van der Waals surface area contributed by atoms with E-state index in [1.54, 1.807) is 27.9 Å². The lowest BCUT2D eigenvalue weighted by Crippen LogP contribution is -2.33. The number of amides is 1. The van der Waals surface area contributed by atoms with Gasteiger partial charge in [-0.2, -0.15) is 0 Å². The Morgan fingerprint density at radius 2 is 2.00 bits per heavy atom. The zero-order valence-electron chi connectivity index (χ0n) is 14.3. The first-order valence-electron chi connectivity index (χ1n) is 8.63. The molecule has 1 amide bonds. The van der Waals surface area contributed by atoms with Crippen molar-refractivity contribution < 1.29 is 4.79 Å². The van der Waals surface area contributed by atoms with Crippen LogP contribution in [0.1, 0.15) is 52.3 Å². The van der Waals surface area contributed by atoms with Crippen LogP contribution in [0, 0.1) is 0 Å². The van der Waals surface area contributed by atoms with Gasteiger partial charge in [0.15, 0.2) is 4.96 Å². The van der Waals surface area contributed by atoms with E-state index in [0.29, 0.717) is 9.98 Å². The summed E-state index contributed by atoms with van der Waals surface area (Å²) in [5.41, 5.74) is 1.74. The number of halogens is 1. The van der Waals surface area contributed by atoms with Crippen LogP contribution in [0.5, 0.6) is 0 Å². The van der Waals surface area contributed by atoms with Gasteiger partial charge in [-0.1, -0.05) is 23.7 Å². The molecule has 7 heteroatoms. The first-order chi connectivity index (χ1) is 12.5. The maximum Gasteiger partial charge on any atom is 0.271 e.